The molecule has 2 aliphatic carbocycles. The van der Waals surface area contributed by atoms with Gasteiger partial charge in [-0.05, 0) is 24.2 Å². The third-order valence-corrected chi connectivity index (χ3v) is 4.08. The average Bonchev–Trinajstić information content (AvgIpc) is 2.54. The van der Waals surface area contributed by atoms with Gasteiger partial charge in [-0.3, -0.25) is 0 Å². The van der Waals surface area contributed by atoms with E-state index in [4.69, 9.17) is 0 Å². The molecule has 0 N–H and O–H groups in total. The summed E-state index contributed by atoms with van der Waals surface area (Å²) in [6, 6.07) is 0. The van der Waals surface area contributed by atoms with Crippen molar-refractivity contribution in [1.29, 1.82) is 0 Å². The lowest BCUT2D eigenvalue weighted by molar-refractivity contribution is 0.741. The Balaban J connectivity index is 1.91. The van der Waals surface area contributed by atoms with E-state index in [0.717, 1.165) is 5.25 Å². The van der Waals surface area contributed by atoms with E-state index in [-0.39, 0.29) is 0 Å². The molecule has 0 aliphatic heterocycles. The molecule has 0 nitrogen and oxygen atoms in total. The molecule has 2 rings (SSSR count). The van der Waals surface area contributed by atoms with Crippen molar-refractivity contribution in [3.8, 4) is 0 Å². The monoisotopic (exact) mass is 192 g/mol. The number of allylic oxidation sites excluding steroid dienone is 5. The van der Waals surface area contributed by atoms with Crippen molar-refractivity contribution >= 4 is 11.8 Å². The maximum Gasteiger partial charge on any atom is 0.0271 e. The van der Waals surface area contributed by atoms with Crippen molar-refractivity contribution in [2.24, 2.45) is 5.92 Å². The Hall–Kier alpha value is -0.430. The summed E-state index contributed by atoms with van der Waals surface area (Å²) in [7, 11) is 0. The van der Waals surface area contributed by atoms with Crippen molar-refractivity contribution in [3.05, 3.63) is 35.3 Å². The summed E-state index contributed by atoms with van der Waals surface area (Å²) in [6.45, 7) is 2.27. The van der Waals surface area contributed by atoms with Gasteiger partial charge < -0.3 is 0 Å². The fourth-order valence-electron chi connectivity index (χ4n) is 1.76. The molecule has 0 spiro atoms. The third kappa shape index (κ3) is 2.28. The second kappa shape index (κ2) is 4.19. The van der Waals surface area contributed by atoms with Gasteiger partial charge in [0.15, 0.2) is 0 Å². The fraction of sp³-hybridized carbons (Fsp3) is 0.500. The molecule has 0 saturated heterocycles. The van der Waals surface area contributed by atoms with E-state index in [2.05, 4.69) is 37.3 Å². The van der Waals surface area contributed by atoms with Crippen molar-refractivity contribution in [2.75, 3.05) is 0 Å². The van der Waals surface area contributed by atoms with E-state index in [1.54, 1.807) is 0 Å². The van der Waals surface area contributed by atoms with E-state index >= 15 is 0 Å². The van der Waals surface area contributed by atoms with Gasteiger partial charge in [0.1, 0.15) is 0 Å². The normalized spacial score (nSPS) is 32.2. The quantitative estimate of drug-likeness (QED) is 0.598. The lowest BCUT2D eigenvalue weighted by Crippen LogP contribution is -2.04. The summed E-state index contributed by atoms with van der Waals surface area (Å²) in [6.07, 6.45) is 15.4. The minimum Gasteiger partial charge on any atom is -0.122 e. The molecule has 2 atom stereocenters. The van der Waals surface area contributed by atoms with Crippen molar-refractivity contribution in [2.45, 2.75) is 31.4 Å². The SMILES string of the molecule is CC1C=CC=C1SC1C=CCCC1. The zero-order valence-corrected chi connectivity index (χ0v) is 8.89. The highest BCUT2D eigenvalue weighted by Gasteiger charge is 2.15. The maximum absolute atomic E-state index is 2.38. The predicted octanol–water partition coefficient (Wildman–Crippen LogP) is 3.92. The van der Waals surface area contributed by atoms with Crippen LogP contribution in [0.2, 0.25) is 0 Å². The van der Waals surface area contributed by atoms with E-state index in [1.165, 1.54) is 24.2 Å². The molecule has 1 heteroatoms. The van der Waals surface area contributed by atoms with Gasteiger partial charge in [0.2, 0.25) is 0 Å². The Labute approximate surface area is 84.8 Å². The molecule has 0 bridgehead atoms. The molecule has 0 aromatic heterocycles. The molecule has 0 fully saturated rings. The van der Waals surface area contributed by atoms with Gasteiger partial charge in [0.25, 0.3) is 0 Å². The van der Waals surface area contributed by atoms with Gasteiger partial charge in [-0.1, -0.05) is 37.3 Å². The number of hydrogen-bond donors (Lipinski definition) is 0. The van der Waals surface area contributed by atoms with Crippen molar-refractivity contribution in [3.63, 3.8) is 0 Å². The molecule has 2 aliphatic rings. The summed E-state index contributed by atoms with van der Waals surface area (Å²) in [5.74, 6) is 0.653. The number of thioether (sulfide) groups is 1. The van der Waals surface area contributed by atoms with Crippen LogP contribution >= 0.6 is 11.8 Å². The van der Waals surface area contributed by atoms with Crippen LogP contribution in [0, 0.1) is 5.92 Å². The van der Waals surface area contributed by atoms with E-state index in [1.807, 2.05) is 11.8 Å². The van der Waals surface area contributed by atoms with Crippen molar-refractivity contribution < 1.29 is 0 Å². The lowest BCUT2D eigenvalue weighted by Gasteiger charge is -2.18. The van der Waals surface area contributed by atoms with Gasteiger partial charge in [0.05, 0.1) is 0 Å². The third-order valence-electron chi connectivity index (χ3n) is 2.61. The highest BCUT2D eigenvalue weighted by molar-refractivity contribution is 8.03. The highest BCUT2D eigenvalue weighted by atomic mass is 32.2. The molecular formula is C12H16S. The average molecular weight is 192 g/mol. The highest BCUT2D eigenvalue weighted by Crippen LogP contribution is 2.36. The summed E-state index contributed by atoms with van der Waals surface area (Å²) < 4.78 is 0. The molecule has 70 valence electrons. The Morgan fingerprint density at radius 1 is 1.38 bits per heavy atom. The number of rotatable bonds is 2. The zero-order valence-electron chi connectivity index (χ0n) is 8.07. The van der Waals surface area contributed by atoms with Crippen LogP contribution in [0.3, 0.4) is 0 Å². The summed E-state index contributed by atoms with van der Waals surface area (Å²) in [5.41, 5.74) is 0. The van der Waals surface area contributed by atoms with E-state index in [0.29, 0.717) is 5.92 Å². The molecule has 0 aromatic carbocycles. The minimum atomic E-state index is 0.653. The molecule has 0 heterocycles. The molecule has 0 amide bonds. The minimum absolute atomic E-state index is 0.653. The molecule has 0 saturated carbocycles. The Morgan fingerprint density at radius 2 is 2.31 bits per heavy atom. The van der Waals surface area contributed by atoms with Gasteiger partial charge in [0, 0.05) is 11.2 Å². The van der Waals surface area contributed by atoms with Crippen LogP contribution in [0.1, 0.15) is 26.2 Å². The smallest absolute Gasteiger partial charge is 0.0271 e. The second-order valence-corrected chi connectivity index (χ2v) is 5.07. The Bertz CT molecular complexity index is 260. The zero-order chi connectivity index (χ0) is 9.10. The molecular weight excluding hydrogens is 176 g/mol. The van der Waals surface area contributed by atoms with Crippen LogP contribution in [-0.2, 0) is 0 Å². The summed E-state index contributed by atoms with van der Waals surface area (Å²) >= 11 is 2.05. The van der Waals surface area contributed by atoms with Crippen LogP contribution in [0.4, 0.5) is 0 Å². The first-order chi connectivity index (χ1) is 6.36. The molecule has 0 aromatic rings. The predicted molar refractivity (Wildman–Crippen MR) is 60.8 cm³/mol. The molecule has 0 radical (unpaired) electrons. The second-order valence-electron chi connectivity index (χ2n) is 3.76. The Morgan fingerprint density at radius 3 is 2.92 bits per heavy atom. The lowest BCUT2D eigenvalue weighted by atomic mass is 10.1. The van der Waals surface area contributed by atoms with Gasteiger partial charge in [-0.2, -0.15) is 0 Å². The van der Waals surface area contributed by atoms with Crippen molar-refractivity contribution in [1.82, 2.24) is 0 Å². The largest absolute Gasteiger partial charge is 0.122 e. The Kier molecular flexibility index (Phi) is 2.94. The van der Waals surface area contributed by atoms with Crippen LogP contribution in [-0.4, -0.2) is 5.25 Å². The topological polar surface area (TPSA) is 0 Å². The first-order valence-corrected chi connectivity index (χ1v) is 5.96. The first kappa shape index (κ1) is 9.14. The summed E-state index contributed by atoms with van der Waals surface area (Å²) in [4.78, 5) is 1.54. The standard InChI is InChI=1S/C12H16S/c1-10-6-5-9-12(10)13-11-7-3-2-4-8-11/h3,5-7,9-11H,2,4,8H2,1H3. The van der Waals surface area contributed by atoms with Crippen LogP contribution < -0.4 is 0 Å². The van der Waals surface area contributed by atoms with Crippen LogP contribution in [0.5, 0.6) is 0 Å². The van der Waals surface area contributed by atoms with Gasteiger partial charge in [-0.15, -0.1) is 11.8 Å². The van der Waals surface area contributed by atoms with E-state index in [9.17, 15) is 0 Å². The summed E-state index contributed by atoms with van der Waals surface area (Å²) in [5, 5.41) is 0.738. The maximum atomic E-state index is 2.38. The van der Waals surface area contributed by atoms with E-state index < -0.39 is 0 Å². The van der Waals surface area contributed by atoms with Crippen LogP contribution in [0.15, 0.2) is 35.3 Å². The van der Waals surface area contributed by atoms with Gasteiger partial charge in [-0.25, -0.2) is 0 Å². The van der Waals surface area contributed by atoms with Gasteiger partial charge >= 0.3 is 0 Å². The molecule has 2 unspecified atom stereocenters. The fourth-order valence-corrected chi connectivity index (χ4v) is 3.04. The molecule has 13 heavy (non-hydrogen) atoms. The van der Waals surface area contributed by atoms with Crippen LogP contribution in [0.25, 0.3) is 0 Å². The number of hydrogen-bond acceptors (Lipinski definition) is 1. The first-order valence-electron chi connectivity index (χ1n) is 5.08.